The Morgan fingerprint density at radius 2 is 1.95 bits per heavy atom. The number of hydrogen-bond acceptors (Lipinski definition) is 4. The molecule has 0 aliphatic carbocycles. The van der Waals surface area contributed by atoms with E-state index in [1.165, 1.54) is 6.07 Å². The molecule has 0 amide bonds. The van der Waals surface area contributed by atoms with Crippen LogP contribution in [0.4, 0.5) is 18.0 Å². The summed E-state index contributed by atoms with van der Waals surface area (Å²) in [7, 11) is 0. The number of aromatic nitrogens is 1. The summed E-state index contributed by atoms with van der Waals surface area (Å²) in [6, 6.07) is 3.27. The minimum Gasteiger partial charge on any atom is -0.450 e. The van der Waals surface area contributed by atoms with Gasteiger partial charge in [0.1, 0.15) is 5.01 Å². The molecule has 2 rings (SSSR count). The van der Waals surface area contributed by atoms with Crippen LogP contribution < -0.4 is 0 Å². The zero-order valence-electron chi connectivity index (χ0n) is 12.1. The lowest BCUT2D eigenvalue weighted by atomic mass is 9.89. The Hall–Kier alpha value is -1.83. The fourth-order valence-electron chi connectivity index (χ4n) is 1.93. The van der Waals surface area contributed by atoms with Crippen LogP contribution in [0.25, 0.3) is 10.2 Å². The van der Waals surface area contributed by atoms with E-state index in [9.17, 15) is 18.0 Å². The van der Waals surface area contributed by atoms with Gasteiger partial charge in [0.05, 0.1) is 15.8 Å². The first-order valence-corrected chi connectivity index (χ1v) is 7.17. The molecule has 0 saturated carbocycles. The fourth-order valence-corrected chi connectivity index (χ4v) is 3.16. The van der Waals surface area contributed by atoms with Crippen LogP contribution in [-0.4, -0.2) is 16.2 Å². The standard InChI is InChI=1S/C14H14F3NO3S/c1-13(2,3)10(21-12(19)20)11-18-8-6-7(14(15,16)17)4-5-9(8)22-11/h4-6,10H,1-3H3,(H,19,20)/t10-/m1/s1. The molecule has 0 saturated heterocycles. The largest absolute Gasteiger partial charge is 0.506 e. The molecular formula is C14H14F3NO3S. The third kappa shape index (κ3) is 3.49. The van der Waals surface area contributed by atoms with E-state index < -0.39 is 29.4 Å². The molecule has 8 heteroatoms. The lowest BCUT2D eigenvalue weighted by Crippen LogP contribution is -2.23. The zero-order chi connectivity index (χ0) is 16.7. The molecule has 2 aromatic rings. The first-order valence-electron chi connectivity index (χ1n) is 6.36. The maximum atomic E-state index is 12.7. The predicted octanol–water partition coefficient (Wildman–Crippen LogP) is 5.10. The minimum absolute atomic E-state index is 0.179. The zero-order valence-corrected chi connectivity index (χ0v) is 12.9. The van der Waals surface area contributed by atoms with Crippen LogP contribution in [0.3, 0.4) is 0 Å². The van der Waals surface area contributed by atoms with Crippen molar-refractivity contribution in [1.82, 2.24) is 4.98 Å². The number of benzene rings is 1. The molecule has 1 atom stereocenters. The molecule has 0 aliphatic rings. The van der Waals surface area contributed by atoms with Gasteiger partial charge in [-0.05, 0) is 18.2 Å². The van der Waals surface area contributed by atoms with Gasteiger partial charge < -0.3 is 9.84 Å². The van der Waals surface area contributed by atoms with Crippen LogP contribution in [-0.2, 0) is 10.9 Å². The summed E-state index contributed by atoms with van der Waals surface area (Å²) in [6.45, 7) is 5.31. The SMILES string of the molecule is CC(C)(C)[C@H](OC(=O)O)c1nc2cc(C(F)(F)F)ccc2s1. The van der Waals surface area contributed by atoms with E-state index in [1.54, 1.807) is 20.8 Å². The summed E-state index contributed by atoms with van der Waals surface area (Å²) < 4.78 is 43.6. The molecule has 0 aliphatic heterocycles. The molecular weight excluding hydrogens is 319 g/mol. The topological polar surface area (TPSA) is 59.4 Å². The molecule has 1 aromatic heterocycles. The summed E-state index contributed by atoms with van der Waals surface area (Å²) in [5, 5.41) is 9.18. The van der Waals surface area contributed by atoms with E-state index in [2.05, 4.69) is 4.98 Å². The van der Waals surface area contributed by atoms with Crippen LogP contribution in [0.15, 0.2) is 18.2 Å². The molecule has 0 spiro atoms. The van der Waals surface area contributed by atoms with E-state index >= 15 is 0 Å². The normalized spacial score (nSPS) is 14.1. The second kappa shape index (κ2) is 5.42. The average Bonchev–Trinajstić information content (AvgIpc) is 2.75. The number of hydrogen-bond donors (Lipinski definition) is 1. The van der Waals surface area contributed by atoms with Crippen molar-refractivity contribution in [2.45, 2.75) is 33.1 Å². The van der Waals surface area contributed by atoms with Crippen molar-refractivity contribution in [3.63, 3.8) is 0 Å². The van der Waals surface area contributed by atoms with Gasteiger partial charge in [-0.15, -0.1) is 11.3 Å². The molecule has 0 fully saturated rings. The van der Waals surface area contributed by atoms with Crippen molar-refractivity contribution in [2.24, 2.45) is 5.41 Å². The van der Waals surface area contributed by atoms with Crippen LogP contribution in [0.2, 0.25) is 0 Å². The van der Waals surface area contributed by atoms with Crippen LogP contribution in [0.1, 0.15) is 37.4 Å². The summed E-state index contributed by atoms with van der Waals surface area (Å²) in [5.41, 5.74) is -1.18. The number of alkyl halides is 3. The smallest absolute Gasteiger partial charge is 0.450 e. The number of ether oxygens (including phenoxy) is 1. The van der Waals surface area contributed by atoms with Crippen LogP contribution in [0, 0.1) is 5.41 Å². The Kier molecular flexibility index (Phi) is 4.08. The molecule has 1 aromatic carbocycles. The van der Waals surface area contributed by atoms with E-state index in [1.807, 2.05) is 0 Å². The van der Waals surface area contributed by atoms with E-state index in [4.69, 9.17) is 9.84 Å². The van der Waals surface area contributed by atoms with Gasteiger partial charge in [0, 0.05) is 5.41 Å². The predicted molar refractivity (Wildman–Crippen MR) is 75.9 cm³/mol. The van der Waals surface area contributed by atoms with Crippen LogP contribution in [0.5, 0.6) is 0 Å². The Morgan fingerprint density at radius 1 is 1.32 bits per heavy atom. The van der Waals surface area contributed by atoms with Crippen molar-refractivity contribution in [1.29, 1.82) is 0 Å². The maximum absolute atomic E-state index is 12.7. The molecule has 1 heterocycles. The van der Waals surface area contributed by atoms with Crippen LogP contribution >= 0.6 is 11.3 Å². The summed E-state index contributed by atoms with van der Waals surface area (Å²) >= 11 is 1.13. The quantitative estimate of drug-likeness (QED) is 0.777. The van der Waals surface area contributed by atoms with Gasteiger partial charge in [0.15, 0.2) is 6.10 Å². The molecule has 0 unspecified atom stereocenters. The third-order valence-corrected chi connectivity index (χ3v) is 4.04. The Morgan fingerprint density at radius 3 is 2.45 bits per heavy atom. The first kappa shape index (κ1) is 16.5. The van der Waals surface area contributed by atoms with Gasteiger partial charge in [-0.1, -0.05) is 20.8 Å². The van der Waals surface area contributed by atoms with Gasteiger partial charge in [-0.25, -0.2) is 9.78 Å². The van der Waals surface area contributed by atoms with Gasteiger partial charge >= 0.3 is 12.3 Å². The number of carbonyl (C=O) groups is 1. The first-order chi connectivity index (χ1) is 9.98. The highest BCUT2D eigenvalue weighted by molar-refractivity contribution is 7.18. The number of halogens is 3. The summed E-state index contributed by atoms with van der Waals surface area (Å²) in [4.78, 5) is 15.0. The average molecular weight is 333 g/mol. The van der Waals surface area contributed by atoms with Crippen molar-refractivity contribution in [3.8, 4) is 0 Å². The van der Waals surface area contributed by atoms with Crippen molar-refractivity contribution in [3.05, 3.63) is 28.8 Å². The molecule has 22 heavy (non-hydrogen) atoms. The number of rotatable bonds is 2. The highest BCUT2D eigenvalue weighted by Gasteiger charge is 2.34. The maximum Gasteiger partial charge on any atom is 0.506 e. The highest BCUT2D eigenvalue weighted by atomic mass is 32.1. The van der Waals surface area contributed by atoms with E-state index in [0.717, 1.165) is 23.5 Å². The number of thiazole rings is 1. The minimum atomic E-state index is -4.45. The van der Waals surface area contributed by atoms with Gasteiger partial charge in [-0.3, -0.25) is 0 Å². The number of carboxylic acid groups (broad SMARTS) is 1. The van der Waals surface area contributed by atoms with E-state index in [-0.39, 0.29) is 5.52 Å². The van der Waals surface area contributed by atoms with Gasteiger partial charge in [-0.2, -0.15) is 13.2 Å². The Bertz CT molecular complexity index is 703. The monoisotopic (exact) mass is 333 g/mol. The Balaban J connectivity index is 2.49. The summed E-state index contributed by atoms with van der Waals surface area (Å²) in [6.07, 6.45) is -6.74. The van der Waals surface area contributed by atoms with Gasteiger partial charge in [0.2, 0.25) is 0 Å². The number of nitrogens with zero attached hydrogens (tertiary/aromatic N) is 1. The highest BCUT2D eigenvalue weighted by Crippen LogP contribution is 2.40. The summed E-state index contributed by atoms with van der Waals surface area (Å²) in [5.74, 6) is 0. The lowest BCUT2D eigenvalue weighted by molar-refractivity contribution is -0.137. The fraction of sp³-hybridized carbons (Fsp3) is 0.429. The third-order valence-electron chi connectivity index (χ3n) is 2.96. The molecule has 4 nitrogen and oxygen atoms in total. The number of fused-ring (bicyclic) bond motifs is 1. The molecule has 0 radical (unpaired) electrons. The van der Waals surface area contributed by atoms with Crippen molar-refractivity contribution in [2.75, 3.05) is 0 Å². The van der Waals surface area contributed by atoms with Gasteiger partial charge in [0.25, 0.3) is 0 Å². The second-order valence-corrected chi connectivity index (χ2v) is 6.92. The van der Waals surface area contributed by atoms with Crippen molar-refractivity contribution < 1.29 is 27.8 Å². The second-order valence-electron chi connectivity index (χ2n) is 5.86. The van der Waals surface area contributed by atoms with E-state index in [0.29, 0.717) is 9.71 Å². The molecule has 1 N–H and O–H groups in total. The molecule has 0 bridgehead atoms. The molecule has 120 valence electrons. The Labute approximate surface area is 128 Å². The lowest BCUT2D eigenvalue weighted by Gasteiger charge is -2.27. The van der Waals surface area contributed by atoms with Crippen molar-refractivity contribution >= 4 is 27.7 Å².